The molecule has 5 nitrogen and oxygen atoms in total. The summed E-state index contributed by atoms with van der Waals surface area (Å²) in [5, 5.41) is 7.31. The third-order valence-corrected chi connectivity index (χ3v) is 2.29. The zero-order valence-electron chi connectivity index (χ0n) is 7.59. The maximum absolute atomic E-state index is 7.31. The Morgan fingerprint density at radius 1 is 1.69 bits per heavy atom. The van der Waals surface area contributed by atoms with E-state index in [0.717, 1.165) is 30.2 Å². The predicted octanol–water partition coefficient (Wildman–Crippen LogP) is -0.0303. The lowest BCUT2D eigenvalue weighted by Crippen LogP contribution is -2.40. The fraction of sp³-hybridized carbons (Fsp3) is 0.500. The Balaban J connectivity index is 2.24. The van der Waals surface area contributed by atoms with Gasteiger partial charge in [-0.2, -0.15) is 0 Å². The van der Waals surface area contributed by atoms with Crippen molar-refractivity contribution < 1.29 is 0 Å². The molecule has 2 heterocycles. The van der Waals surface area contributed by atoms with Gasteiger partial charge in [-0.3, -0.25) is 5.41 Å². The summed E-state index contributed by atoms with van der Waals surface area (Å²) in [6.45, 7) is 3.43. The van der Waals surface area contributed by atoms with Crippen LogP contribution in [-0.2, 0) is 13.0 Å². The first-order valence-electron chi connectivity index (χ1n) is 4.30. The number of imidazole rings is 1. The average molecular weight is 179 g/mol. The smallest absolute Gasteiger partial charge is 0.188 e. The standard InChI is InChI=1S/C8H13N5/c1-5-11-6-2-3-13(8(9)10)4-7(6)12-5/h2-4H2,1H3,(H3,9,10)(H,11,12). The van der Waals surface area contributed by atoms with Crippen LogP contribution in [0.3, 0.4) is 0 Å². The number of guanidine groups is 1. The van der Waals surface area contributed by atoms with Crippen LogP contribution in [0.5, 0.6) is 0 Å². The highest BCUT2D eigenvalue weighted by atomic mass is 15.2. The number of hydrogen-bond donors (Lipinski definition) is 3. The van der Waals surface area contributed by atoms with E-state index in [-0.39, 0.29) is 5.96 Å². The Morgan fingerprint density at radius 2 is 2.46 bits per heavy atom. The van der Waals surface area contributed by atoms with Gasteiger partial charge in [0.25, 0.3) is 0 Å². The molecule has 0 atom stereocenters. The highest BCUT2D eigenvalue weighted by Crippen LogP contribution is 2.15. The molecule has 0 saturated heterocycles. The molecular formula is C8H13N5. The summed E-state index contributed by atoms with van der Waals surface area (Å²) in [6.07, 6.45) is 0.874. The predicted molar refractivity (Wildman–Crippen MR) is 49.4 cm³/mol. The number of H-pyrrole nitrogens is 1. The summed E-state index contributed by atoms with van der Waals surface area (Å²) >= 11 is 0. The lowest BCUT2D eigenvalue weighted by Gasteiger charge is -2.25. The van der Waals surface area contributed by atoms with Crippen LogP contribution in [0, 0.1) is 12.3 Å². The summed E-state index contributed by atoms with van der Waals surface area (Å²) < 4.78 is 0. The van der Waals surface area contributed by atoms with Gasteiger partial charge >= 0.3 is 0 Å². The Morgan fingerprint density at radius 3 is 3.15 bits per heavy atom. The van der Waals surface area contributed by atoms with Crippen molar-refractivity contribution in [3.8, 4) is 0 Å². The third kappa shape index (κ3) is 1.37. The molecule has 0 amide bonds. The average Bonchev–Trinajstić information content (AvgIpc) is 2.42. The minimum atomic E-state index is 0.137. The van der Waals surface area contributed by atoms with E-state index >= 15 is 0 Å². The van der Waals surface area contributed by atoms with Crippen molar-refractivity contribution in [1.29, 1.82) is 5.41 Å². The van der Waals surface area contributed by atoms with Gasteiger partial charge in [0.2, 0.25) is 0 Å². The van der Waals surface area contributed by atoms with Gasteiger partial charge in [0.05, 0.1) is 17.9 Å². The molecule has 5 heteroatoms. The molecule has 1 aromatic rings. The van der Waals surface area contributed by atoms with E-state index in [4.69, 9.17) is 11.1 Å². The van der Waals surface area contributed by atoms with Crippen LogP contribution in [0.4, 0.5) is 0 Å². The van der Waals surface area contributed by atoms with Crippen LogP contribution in [0.15, 0.2) is 0 Å². The van der Waals surface area contributed by atoms with Gasteiger partial charge in [-0.15, -0.1) is 0 Å². The van der Waals surface area contributed by atoms with Crippen molar-refractivity contribution in [3.05, 3.63) is 17.2 Å². The fourth-order valence-corrected chi connectivity index (χ4v) is 1.64. The molecule has 0 aromatic carbocycles. The van der Waals surface area contributed by atoms with E-state index in [9.17, 15) is 0 Å². The Hall–Kier alpha value is -1.52. The Bertz CT molecular complexity index is 340. The number of aromatic amines is 1. The van der Waals surface area contributed by atoms with Gasteiger partial charge in [-0.1, -0.05) is 0 Å². The number of hydrogen-bond acceptors (Lipinski definition) is 2. The van der Waals surface area contributed by atoms with E-state index < -0.39 is 0 Å². The lowest BCUT2D eigenvalue weighted by atomic mass is 10.1. The van der Waals surface area contributed by atoms with Crippen LogP contribution in [0.2, 0.25) is 0 Å². The van der Waals surface area contributed by atoms with Crippen LogP contribution in [0.1, 0.15) is 17.2 Å². The Labute approximate surface area is 76.5 Å². The van der Waals surface area contributed by atoms with Gasteiger partial charge in [0, 0.05) is 13.0 Å². The molecule has 0 saturated carbocycles. The van der Waals surface area contributed by atoms with Crippen molar-refractivity contribution in [2.45, 2.75) is 19.9 Å². The molecule has 0 aliphatic carbocycles. The molecule has 1 aliphatic heterocycles. The summed E-state index contributed by atoms with van der Waals surface area (Å²) in [6, 6.07) is 0. The lowest BCUT2D eigenvalue weighted by molar-refractivity contribution is 0.380. The Kier molecular flexibility index (Phi) is 1.72. The van der Waals surface area contributed by atoms with Crippen molar-refractivity contribution in [1.82, 2.24) is 14.9 Å². The number of aromatic nitrogens is 2. The van der Waals surface area contributed by atoms with Crippen LogP contribution >= 0.6 is 0 Å². The minimum absolute atomic E-state index is 0.137. The second-order valence-corrected chi connectivity index (χ2v) is 3.30. The van der Waals surface area contributed by atoms with Crippen molar-refractivity contribution in [2.75, 3.05) is 6.54 Å². The summed E-state index contributed by atoms with van der Waals surface area (Å²) in [4.78, 5) is 9.36. The zero-order valence-corrected chi connectivity index (χ0v) is 7.59. The second kappa shape index (κ2) is 2.76. The van der Waals surface area contributed by atoms with Crippen molar-refractivity contribution >= 4 is 5.96 Å². The minimum Gasteiger partial charge on any atom is -0.370 e. The molecule has 0 fully saturated rings. The van der Waals surface area contributed by atoms with Gasteiger partial charge in [0.1, 0.15) is 5.82 Å². The van der Waals surface area contributed by atoms with Gasteiger partial charge < -0.3 is 15.6 Å². The largest absolute Gasteiger partial charge is 0.370 e. The summed E-state index contributed by atoms with van der Waals surface area (Å²) in [7, 11) is 0. The van der Waals surface area contributed by atoms with Gasteiger partial charge in [0.15, 0.2) is 5.96 Å². The fourth-order valence-electron chi connectivity index (χ4n) is 1.64. The summed E-state index contributed by atoms with van der Waals surface area (Å²) in [5.41, 5.74) is 7.62. The van der Waals surface area contributed by atoms with Gasteiger partial charge in [-0.25, -0.2) is 4.98 Å². The molecule has 1 aromatic heterocycles. The monoisotopic (exact) mass is 179 g/mol. The number of aryl methyl sites for hydroxylation is 1. The van der Waals surface area contributed by atoms with Crippen LogP contribution in [0.25, 0.3) is 0 Å². The van der Waals surface area contributed by atoms with Crippen molar-refractivity contribution in [3.63, 3.8) is 0 Å². The van der Waals surface area contributed by atoms with E-state index in [2.05, 4.69) is 9.97 Å². The number of rotatable bonds is 0. The quantitative estimate of drug-likeness (QED) is 0.386. The van der Waals surface area contributed by atoms with E-state index in [1.807, 2.05) is 11.8 Å². The first-order chi connectivity index (χ1) is 6.16. The van der Waals surface area contributed by atoms with E-state index in [1.165, 1.54) is 0 Å². The SMILES string of the molecule is Cc1nc2c([nH]1)CN(C(=N)N)CC2. The number of nitrogens with zero attached hydrogens (tertiary/aromatic N) is 2. The highest BCUT2D eigenvalue weighted by Gasteiger charge is 2.19. The molecule has 0 bridgehead atoms. The molecule has 2 rings (SSSR count). The normalized spacial score (nSPS) is 15.6. The van der Waals surface area contributed by atoms with Crippen LogP contribution < -0.4 is 5.73 Å². The first-order valence-corrected chi connectivity index (χ1v) is 4.30. The number of nitrogens with one attached hydrogen (secondary N) is 2. The first kappa shape index (κ1) is 8.10. The maximum Gasteiger partial charge on any atom is 0.188 e. The number of fused-ring (bicyclic) bond motifs is 1. The topological polar surface area (TPSA) is 81.8 Å². The maximum atomic E-state index is 7.31. The van der Waals surface area contributed by atoms with E-state index in [1.54, 1.807) is 0 Å². The number of nitrogens with two attached hydrogens (primary N) is 1. The van der Waals surface area contributed by atoms with E-state index in [0.29, 0.717) is 6.54 Å². The highest BCUT2D eigenvalue weighted by molar-refractivity contribution is 5.74. The molecule has 0 spiro atoms. The van der Waals surface area contributed by atoms with Crippen LogP contribution in [-0.4, -0.2) is 27.4 Å². The molecular weight excluding hydrogens is 166 g/mol. The molecule has 0 radical (unpaired) electrons. The van der Waals surface area contributed by atoms with Crippen molar-refractivity contribution in [2.24, 2.45) is 5.73 Å². The zero-order chi connectivity index (χ0) is 9.42. The molecule has 70 valence electrons. The second-order valence-electron chi connectivity index (χ2n) is 3.30. The summed E-state index contributed by atoms with van der Waals surface area (Å²) in [5.74, 6) is 1.08. The molecule has 13 heavy (non-hydrogen) atoms. The van der Waals surface area contributed by atoms with Gasteiger partial charge in [-0.05, 0) is 6.92 Å². The molecule has 4 N–H and O–H groups in total. The third-order valence-electron chi connectivity index (χ3n) is 2.29. The molecule has 0 unspecified atom stereocenters. The molecule has 1 aliphatic rings.